The lowest BCUT2D eigenvalue weighted by atomic mass is 10.3. The number of carbonyl (C=O) groups is 1. The molecule has 1 atom stereocenters. The first kappa shape index (κ1) is 21.5. The molecule has 1 amide bonds. The van der Waals surface area contributed by atoms with Crippen LogP contribution in [0, 0.1) is 6.92 Å². The van der Waals surface area contributed by atoms with Crippen molar-refractivity contribution < 1.29 is 4.79 Å². The molecule has 0 radical (unpaired) electrons. The van der Waals surface area contributed by atoms with E-state index < -0.39 is 0 Å². The minimum atomic E-state index is -0.0535. The fraction of sp³-hybridized carbons (Fsp3) is 0.667. The van der Waals surface area contributed by atoms with E-state index in [0.717, 1.165) is 30.5 Å². The Morgan fingerprint density at radius 3 is 2.83 bits per heavy atom. The summed E-state index contributed by atoms with van der Waals surface area (Å²) in [5, 5.41) is 6.94. The maximum Gasteiger partial charge on any atom is 0.263 e. The number of amides is 1. The molecular weight excluding hydrogens is 457 g/mol. The first-order chi connectivity index (χ1) is 11.2. The van der Waals surface area contributed by atoms with Gasteiger partial charge in [0.25, 0.3) is 5.91 Å². The lowest BCUT2D eigenvalue weighted by Gasteiger charge is -2.34. The molecule has 0 saturated carbocycles. The highest BCUT2D eigenvalue weighted by molar-refractivity contribution is 14.0. The smallest absolute Gasteiger partial charge is 0.263 e. The van der Waals surface area contributed by atoms with Gasteiger partial charge >= 0.3 is 0 Å². The van der Waals surface area contributed by atoms with E-state index in [1.807, 2.05) is 25.7 Å². The van der Waals surface area contributed by atoms with Gasteiger partial charge in [0.1, 0.15) is 4.88 Å². The van der Waals surface area contributed by atoms with Gasteiger partial charge in [-0.3, -0.25) is 9.79 Å². The number of guanidine groups is 1. The zero-order valence-electron chi connectivity index (χ0n) is 14.4. The van der Waals surface area contributed by atoms with Crippen LogP contribution in [0.4, 0.5) is 0 Å². The molecule has 1 fully saturated rings. The number of aromatic nitrogens is 1. The van der Waals surface area contributed by atoms with Crippen molar-refractivity contribution in [2.45, 2.75) is 25.5 Å². The van der Waals surface area contributed by atoms with Gasteiger partial charge in [-0.2, -0.15) is 11.8 Å². The van der Waals surface area contributed by atoms with Crippen LogP contribution in [0.25, 0.3) is 0 Å². The molecule has 1 saturated heterocycles. The van der Waals surface area contributed by atoms with Crippen molar-refractivity contribution in [3.63, 3.8) is 0 Å². The summed E-state index contributed by atoms with van der Waals surface area (Å²) in [6.45, 7) is 7.37. The van der Waals surface area contributed by atoms with Crippen LogP contribution < -0.4 is 10.6 Å². The zero-order valence-corrected chi connectivity index (χ0v) is 18.3. The predicted octanol–water partition coefficient (Wildman–Crippen LogP) is 2.20. The average molecular weight is 483 g/mol. The number of thiazole rings is 1. The molecule has 1 aliphatic rings. The highest BCUT2D eigenvalue weighted by Crippen LogP contribution is 2.20. The van der Waals surface area contributed by atoms with Gasteiger partial charge in [0.05, 0.1) is 11.2 Å². The normalized spacial score (nSPS) is 18.0. The van der Waals surface area contributed by atoms with Crippen molar-refractivity contribution in [3.05, 3.63) is 16.1 Å². The number of thioether (sulfide) groups is 1. The largest absolute Gasteiger partial charge is 0.354 e. The number of aliphatic imine (C=N–C) groups is 1. The number of hydrogen-bond donors (Lipinski definition) is 2. The van der Waals surface area contributed by atoms with Crippen LogP contribution in [-0.4, -0.2) is 66.0 Å². The lowest BCUT2D eigenvalue weighted by molar-refractivity contribution is 0.0957. The Balaban J connectivity index is 0.00000288. The molecule has 1 aromatic heterocycles. The number of rotatable bonds is 5. The average Bonchev–Trinajstić information content (AvgIpc) is 3.01. The maximum atomic E-state index is 12.0. The van der Waals surface area contributed by atoms with Gasteiger partial charge in [-0.25, -0.2) is 4.98 Å². The van der Waals surface area contributed by atoms with Crippen molar-refractivity contribution in [1.82, 2.24) is 20.5 Å². The second-order valence-corrected chi connectivity index (χ2v) is 7.61. The third-order valence-electron chi connectivity index (χ3n) is 3.75. The Labute approximate surface area is 169 Å². The molecule has 136 valence electrons. The Kier molecular flexibility index (Phi) is 9.98. The van der Waals surface area contributed by atoms with Crippen molar-refractivity contribution in [1.29, 1.82) is 0 Å². The molecule has 2 rings (SSSR count). The second-order valence-electron chi connectivity index (χ2n) is 5.34. The molecule has 1 unspecified atom stereocenters. The zero-order chi connectivity index (χ0) is 16.7. The predicted molar refractivity (Wildman–Crippen MR) is 114 cm³/mol. The molecule has 0 aliphatic carbocycles. The van der Waals surface area contributed by atoms with E-state index >= 15 is 0 Å². The van der Waals surface area contributed by atoms with Crippen LogP contribution in [0.2, 0.25) is 0 Å². The molecule has 2 heterocycles. The maximum absolute atomic E-state index is 12.0. The van der Waals surface area contributed by atoms with E-state index in [2.05, 4.69) is 32.4 Å². The number of nitrogens with one attached hydrogen (secondary N) is 2. The first-order valence-corrected chi connectivity index (χ1v) is 9.84. The fourth-order valence-corrected chi connectivity index (χ4v) is 4.34. The topological polar surface area (TPSA) is 69.6 Å². The van der Waals surface area contributed by atoms with Gasteiger partial charge in [-0.05, 0) is 13.3 Å². The summed E-state index contributed by atoms with van der Waals surface area (Å²) in [5.74, 6) is 2.01. The third-order valence-corrected chi connectivity index (χ3v) is 6.05. The molecule has 2 N–H and O–H groups in total. The van der Waals surface area contributed by atoms with Gasteiger partial charge in [0.15, 0.2) is 5.96 Å². The van der Waals surface area contributed by atoms with E-state index in [9.17, 15) is 4.79 Å². The SMILES string of the molecule is CCC1CN(C(=NC)NCCNC(=O)c2scnc2C)CCS1.I. The van der Waals surface area contributed by atoms with Crippen LogP contribution in [0.5, 0.6) is 0 Å². The Morgan fingerprint density at radius 2 is 2.21 bits per heavy atom. The monoisotopic (exact) mass is 483 g/mol. The van der Waals surface area contributed by atoms with Gasteiger partial charge in [0, 0.05) is 44.2 Å². The minimum absolute atomic E-state index is 0. The number of halogens is 1. The number of nitrogens with zero attached hydrogens (tertiary/aromatic N) is 3. The van der Waals surface area contributed by atoms with E-state index in [0.29, 0.717) is 23.2 Å². The first-order valence-electron chi connectivity index (χ1n) is 7.91. The standard InChI is InChI=1S/C15H25N5OS2.HI/c1-4-12-9-20(7-8-22-12)15(16-3)18-6-5-17-14(21)13-11(2)19-10-23-13;/h10,12H,4-9H2,1-3H3,(H,16,18)(H,17,21);1H. The molecule has 9 heteroatoms. The van der Waals surface area contributed by atoms with Crippen molar-refractivity contribution in [3.8, 4) is 0 Å². The summed E-state index contributed by atoms with van der Waals surface area (Å²) >= 11 is 3.41. The highest BCUT2D eigenvalue weighted by Gasteiger charge is 2.21. The van der Waals surface area contributed by atoms with Crippen LogP contribution >= 0.6 is 47.1 Å². The van der Waals surface area contributed by atoms with E-state index in [1.165, 1.54) is 17.8 Å². The second kappa shape index (κ2) is 11.1. The summed E-state index contributed by atoms with van der Waals surface area (Å²) in [4.78, 5) is 23.5. The Morgan fingerprint density at radius 1 is 1.46 bits per heavy atom. The van der Waals surface area contributed by atoms with Gasteiger partial charge < -0.3 is 15.5 Å². The molecule has 0 bridgehead atoms. The van der Waals surface area contributed by atoms with Crippen molar-refractivity contribution in [2.75, 3.05) is 39.0 Å². The van der Waals surface area contributed by atoms with Crippen LogP contribution in [0.15, 0.2) is 10.5 Å². The third kappa shape index (κ3) is 6.07. The molecule has 6 nitrogen and oxygen atoms in total. The summed E-state index contributed by atoms with van der Waals surface area (Å²) in [6, 6.07) is 0. The molecule has 1 aromatic rings. The summed E-state index contributed by atoms with van der Waals surface area (Å²) in [5.41, 5.74) is 2.48. The lowest BCUT2D eigenvalue weighted by Crippen LogP contribution is -2.49. The Bertz CT molecular complexity index is 552. The van der Waals surface area contributed by atoms with E-state index in [4.69, 9.17) is 0 Å². The highest BCUT2D eigenvalue weighted by atomic mass is 127. The van der Waals surface area contributed by atoms with Gasteiger partial charge in [0.2, 0.25) is 0 Å². The molecular formula is C15H26IN5OS2. The Hall–Kier alpha value is -0.550. The summed E-state index contributed by atoms with van der Waals surface area (Å²) in [7, 11) is 1.81. The molecule has 0 spiro atoms. The number of aryl methyl sites for hydroxylation is 1. The molecule has 1 aliphatic heterocycles. The minimum Gasteiger partial charge on any atom is -0.354 e. The van der Waals surface area contributed by atoms with Crippen molar-refractivity contribution >= 4 is 58.9 Å². The van der Waals surface area contributed by atoms with E-state index in [1.54, 1.807) is 5.51 Å². The summed E-state index contributed by atoms with van der Waals surface area (Å²) in [6.07, 6.45) is 1.18. The summed E-state index contributed by atoms with van der Waals surface area (Å²) < 4.78 is 0. The number of hydrogen-bond acceptors (Lipinski definition) is 5. The number of carbonyl (C=O) groups excluding carboxylic acids is 1. The van der Waals surface area contributed by atoms with Crippen LogP contribution in [0.1, 0.15) is 28.7 Å². The van der Waals surface area contributed by atoms with Gasteiger partial charge in [-0.1, -0.05) is 6.92 Å². The van der Waals surface area contributed by atoms with Crippen LogP contribution in [0.3, 0.4) is 0 Å². The quantitative estimate of drug-likeness (QED) is 0.291. The molecule has 24 heavy (non-hydrogen) atoms. The van der Waals surface area contributed by atoms with Crippen LogP contribution in [-0.2, 0) is 0 Å². The molecule has 0 aromatic carbocycles. The van der Waals surface area contributed by atoms with Gasteiger partial charge in [-0.15, -0.1) is 35.3 Å². The van der Waals surface area contributed by atoms with E-state index in [-0.39, 0.29) is 29.9 Å². The fourth-order valence-electron chi connectivity index (χ4n) is 2.44. The van der Waals surface area contributed by atoms with Crippen molar-refractivity contribution in [2.24, 2.45) is 4.99 Å².